The number of amides is 2. The van der Waals surface area contributed by atoms with Crippen molar-refractivity contribution in [1.82, 2.24) is 20.0 Å². The monoisotopic (exact) mass is 378 g/mol. The van der Waals surface area contributed by atoms with Crippen molar-refractivity contribution in [3.05, 3.63) is 52.8 Å². The van der Waals surface area contributed by atoms with Gasteiger partial charge in [0, 0.05) is 36.5 Å². The molecular weight excluding hydrogens is 360 g/mol. The zero-order chi connectivity index (χ0) is 16.8. The molecule has 0 radical (unpaired) electrons. The summed E-state index contributed by atoms with van der Waals surface area (Å²) in [7, 11) is 1.61. The van der Waals surface area contributed by atoms with Gasteiger partial charge in [-0.15, -0.1) is 0 Å². The van der Waals surface area contributed by atoms with Gasteiger partial charge in [-0.3, -0.25) is 14.3 Å². The van der Waals surface area contributed by atoms with Crippen molar-refractivity contribution in [1.29, 1.82) is 0 Å². The fourth-order valence-corrected chi connectivity index (χ4v) is 2.39. The van der Waals surface area contributed by atoms with E-state index in [1.54, 1.807) is 17.9 Å². The average molecular weight is 379 g/mol. The smallest absolute Gasteiger partial charge is 0.311 e. The Morgan fingerprint density at radius 2 is 2.04 bits per heavy atom. The highest BCUT2D eigenvalue weighted by Gasteiger charge is 2.20. The highest BCUT2D eigenvalue weighted by molar-refractivity contribution is 9.10. The molecule has 0 aliphatic heterocycles. The summed E-state index contributed by atoms with van der Waals surface area (Å²) in [6.07, 6.45) is 3.48. The fraction of sp³-hybridized carbons (Fsp3) is 0.312. The molecule has 0 aliphatic rings. The second kappa shape index (κ2) is 7.92. The van der Waals surface area contributed by atoms with Crippen LogP contribution in [0.4, 0.5) is 0 Å². The van der Waals surface area contributed by atoms with Crippen LogP contribution in [0, 0.1) is 0 Å². The number of rotatable bonds is 5. The van der Waals surface area contributed by atoms with Crippen LogP contribution in [0.25, 0.3) is 0 Å². The summed E-state index contributed by atoms with van der Waals surface area (Å²) >= 11 is 3.36. The molecule has 1 heterocycles. The Hall–Kier alpha value is -2.15. The Balaban J connectivity index is 1.85. The number of carbonyl (C=O) groups excluding carboxylic acids is 2. The number of carbonyl (C=O) groups is 2. The van der Waals surface area contributed by atoms with Crippen LogP contribution in [-0.4, -0.2) is 39.6 Å². The van der Waals surface area contributed by atoms with Crippen LogP contribution in [0.2, 0.25) is 0 Å². The summed E-state index contributed by atoms with van der Waals surface area (Å²) < 4.78 is 2.68. The van der Waals surface area contributed by atoms with Gasteiger partial charge in [-0.2, -0.15) is 5.10 Å². The van der Waals surface area contributed by atoms with Crippen molar-refractivity contribution in [2.45, 2.75) is 26.1 Å². The minimum Gasteiger partial charge on any atom is -0.344 e. The summed E-state index contributed by atoms with van der Waals surface area (Å²) in [5.74, 6) is -1.16. The zero-order valence-corrected chi connectivity index (χ0v) is 14.7. The Morgan fingerprint density at radius 1 is 1.35 bits per heavy atom. The molecule has 0 bridgehead atoms. The van der Waals surface area contributed by atoms with Gasteiger partial charge in [0.15, 0.2) is 0 Å². The van der Waals surface area contributed by atoms with Crippen molar-refractivity contribution < 1.29 is 9.59 Å². The molecule has 0 fully saturated rings. The van der Waals surface area contributed by atoms with Gasteiger partial charge in [0.25, 0.3) is 0 Å². The average Bonchev–Trinajstić information content (AvgIpc) is 3.01. The molecule has 1 aromatic heterocycles. The van der Waals surface area contributed by atoms with Crippen LogP contribution < -0.4 is 5.32 Å². The first-order valence-electron chi connectivity index (χ1n) is 7.23. The van der Waals surface area contributed by atoms with Crippen LogP contribution in [0.1, 0.15) is 12.5 Å². The molecule has 1 N–H and O–H groups in total. The molecule has 2 aromatic rings. The van der Waals surface area contributed by atoms with Gasteiger partial charge in [-0.05, 0) is 30.7 Å². The number of likely N-dealkylation sites (N-methyl/N-ethyl adjacent to an activating group) is 1. The van der Waals surface area contributed by atoms with Crippen molar-refractivity contribution in [2.24, 2.45) is 0 Å². The van der Waals surface area contributed by atoms with E-state index in [1.807, 2.05) is 43.5 Å². The maximum Gasteiger partial charge on any atom is 0.311 e. The third-order valence-electron chi connectivity index (χ3n) is 3.27. The van der Waals surface area contributed by atoms with Crippen LogP contribution in [-0.2, 0) is 22.7 Å². The van der Waals surface area contributed by atoms with Crippen molar-refractivity contribution in [3.8, 4) is 0 Å². The van der Waals surface area contributed by atoms with Crippen LogP contribution in [0.3, 0.4) is 0 Å². The quantitative estimate of drug-likeness (QED) is 0.806. The van der Waals surface area contributed by atoms with Gasteiger partial charge in [-0.1, -0.05) is 28.1 Å². The Kier molecular flexibility index (Phi) is 5.92. The van der Waals surface area contributed by atoms with Gasteiger partial charge in [0.2, 0.25) is 0 Å². The van der Waals surface area contributed by atoms with Crippen LogP contribution in [0.5, 0.6) is 0 Å². The lowest BCUT2D eigenvalue weighted by Gasteiger charge is -2.19. The number of hydrogen-bond acceptors (Lipinski definition) is 3. The first kappa shape index (κ1) is 17.2. The van der Waals surface area contributed by atoms with E-state index in [0.29, 0.717) is 13.1 Å². The van der Waals surface area contributed by atoms with Crippen molar-refractivity contribution in [2.75, 3.05) is 7.05 Å². The molecule has 1 aromatic carbocycles. The molecule has 122 valence electrons. The molecular formula is C16H19BrN4O2. The molecule has 0 aliphatic carbocycles. The first-order chi connectivity index (χ1) is 11.0. The van der Waals surface area contributed by atoms with Gasteiger partial charge in [0.05, 0.1) is 6.54 Å². The minimum absolute atomic E-state index is 0.188. The number of nitrogens with one attached hydrogen (secondary N) is 1. The summed E-state index contributed by atoms with van der Waals surface area (Å²) in [4.78, 5) is 25.6. The van der Waals surface area contributed by atoms with E-state index in [0.717, 1.165) is 10.0 Å². The molecule has 2 rings (SSSR count). The Bertz CT molecular complexity index is 655. The zero-order valence-electron chi connectivity index (χ0n) is 13.1. The lowest BCUT2D eigenvalue weighted by atomic mass is 10.2. The second-order valence-electron chi connectivity index (χ2n) is 5.39. The van der Waals surface area contributed by atoms with Crippen LogP contribution in [0.15, 0.2) is 47.2 Å². The topological polar surface area (TPSA) is 67.2 Å². The summed E-state index contributed by atoms with van der Waals surface area (Å²) in [5, 5.41) is 6.77. The standard InChI is InChI=1S/C16H19BrN4O2/c1-12(10-21-9-3-8-18-21)19-15(22)16(23)20(2)11-13-4-6-14(17)7-5-13/h3-9,12H,10-11H2,1-2H3,(H,19,22)/t12-/m1/s1. The number of aromatic nitrogens is 2. The van der Waals surface area contributed by atoms with E-state index in [4.69, 9.17) is 0 Å². The van der Waals surface area contributed by atoms with Gasteiger partial charge < -0.3 is 10.2 Å². The molecule has 2 amide bonds. The summed E-state index contributed by atoms with van der Waals surface area (Å²) in [6.45, 7) is 2.73. The molecule has 0 spiro atoms. The molecule has 7 heteroatoms. The van der Waals surface area contributed by atoms with E-state index in [9.17, 15) is 9.59 Å². The SMILES string of the molecule is C[C@H](Cn1cccn1)NC(=O)C(=O)N(C)Cc1ccc(Br)cc1. The van der Waals surface area contributed by atoms with Gasteiger partial charge in [0.1, 0.15) is 0 Å². The van der Waals surface area contributed by atoms with Gasteiger partial charge >= 0.3 is 11.8 Å². The molecule has 0 saturated carbocycles. The van der Waals surface area contributed by atoms with E-state index < -0.39 is 11.8 Å². The molecule has 1 atom stereocenters. The molecule has 0 unspecified atom stereocenters. The Labute approximate surface area is 143 Å². The summed E-state index contributed by atoms with van der Waals surface area (Å²) in [6, 6.07) is 9.25. The maximum atomic E-state index is 12.1. The predicted octanol–water partition coefficient (Wildman–Crippen LogP) is 1.81. The van der Waals surface area contributed by atoms with E-state index in [2.05, 4.69) is 26.3 Å². The normalized spacial score (nSPS) is 11.8. The second-order valence-corrected chi connectivity index (χ2v) is 6.31. The fourth-order valence-electron chi connectivity index (χ4n) is 2.13. The number of nitrogens with zero attached hydrogens (tertiary/aromatic N) is 3. The van der Waals surface area contributed by atoms with E-state index >= 15 is 0 Å². The lowest BCUT2D eigenvalue weighted by molar-refractivity contribution is -0.145. The van der Waals surface area contributed by atoms with E-state index in [-0.39, 0.29) is 6.04 Å². The lowest BCUT2D eigenvalue weighted by Crippen LogP contribution is -2.45. The van der Waals surface area contributed by atoms with Crippen molar-refractivity contribution >= 4 is 27.7 Å². The predicted molar refractivity (Wildman–Crippen MR) is 90.4 cm³/mol. The number of benzene rings is 1. The minimum atomic E-state index is -0.607. The number of hydrogen-bond donors (Lipinski definition) is 1. The third kappa shape index (κ3) is 5.21. The maximum absolute atomic E-state index is 12.1. The molecule has 6 nitrogen and oxygen atoms in total. The summed E-state index contributed by atoms with van der Waals surface area (Å²) in [5.41, 5.74) is 0.960. The molecule has 0 saturated heterocycles. The third-order valence-corrected chi connectivity index (χ3v) is 3.80. The van der Waals surface area contributed by atoms with Crippen molar-refractivity contribution in [3.63, 3.8) is 0 Å². The van der Waals surface area contributed by atoms with Crippen LogP contribution >= 0.6 is 15.9 Å². The first-order valence-corrected chi connectivity index (χ1v) is 8.03. The number of halogens is 1. The largest absolute Gasteiger partial charge is 0.344 e. The van der Waals surface area contributed by atoms with Gasteiger partial charge in [-0.25, -0.2) is 0 Å². The highest BCUT2D eigenvalue weighted by Crippen LogP contribution is 2.11. The highest BCUT2D eigenvalue weighted by atomic mass is 79.9. The van der Waals surface area contributed by atoms with E-state index in [1.165, 1.54) is 4.90 Å². The Morgan fingerprint density at radius 3 is 2.65 bits per heavy atom. The molecule has 23 heavy (non-hydrogen) atoms.